The molecule has 0 saturated heterocycles. The highest BCUT2D eigenvalue weighted by molar-refractivity contribution is 9.11. The maximum Gasteiger partial charge on any atom is 0.168 e. The van der Waals surface area contributed by atoms with Crippen molar-refractivity contribution in [3.05, 3.63) is 56.2 Å². The lowest BCUT2D eigenvalue weighted by atomic mass is 10.1. The quantitative estimate of drug-likeness (QED) is 0.880. The lowest BCUT2D eigenvalue weighted by Crippen LogP contribution is -2.03. The average Bonchev–Trinajstić information content (AvgIpc) is 2.75. The third-order valence-corrected chi connectivity index (χ3v) is 4.10. The van der Waals surface area contributed by atoms with E-state index in [0.29, 0.717) is 13.0 Å². The average molecular weight is 310 g/mol. The van der Waals surface area contributed by atoms with Crippen molar-refractivity contribution >= 4 is 33.0 Å². The van der Waals surface area contributed by atoms with E-state index in [9.17, 15) is 4.79 Å². The molecule has 0 amide bonds. The van der Waals surface area contributed by atoms with Crippen LogP contribution in [-0.4, -0.2) is 5.78 Å². The summed E-state index contributed by atoms with van der Waals surface area (Å²) in [6, 6.07) is 11.4. The Morgan fingerprint density at radius 1 is 1.18 bits per heavy atom. The molecule has 0 atom stereocenters. The summed E-state index contributed by atoms with van der Waals surface area (Å²) >= 11 is 4.98. The Kier molecular flexibility index (Phi) is 4.10. The van der Waals surface area contributed by atoms with Crippen molar-refractivity contribution in [2.75, 3.05) is 0 Å². The van der Waals surface area contributed by atoms with Crippen molar-refractivity contribution in [3.63, 3.8) is 0 Å². The molecule has 0 aliphatic heterocycles. The topological polar surface area (TPSA) is 43.1 Å². The van der Waals surface area contributed by atoms with Crippen LogP contribution in [0.15, 0.2) is 40.2 Å². The molecule has 1 aromatic carbocycles. The summed E-state index contributed by atoms with van der Waals surface area (Å²) in [5.41, 5.74) is 7.30. The zero-order valence-corrected chi connectivity index (χ0v) is 11.6. The van der Waals surface area contributed by atoms with Crippen LogP contribution >= 0.6 is 27.3 Å². The summed E-state index contributed by atoms with van der Waals surface area (Å²) in [5, 5.41) is 0. The van der Waals surface area contributed by atoms with Gasteiger partial charge in [0, 0.05) is 23.4 Å². The number of ketones is 1. The van der Waals surface area contributed by atoms with Gasteiger partial charge in [0.25, 0.3) is 0 Å². The number of carbonyl (C=O) groups is 1. The monoisotopic (exact) mass is 309 g/mol. The zero-order valence-electron chi connectivity index (χ0n) is 9.15. The van der Waals surface area contributed by atoms with Crippen molar-refractivity contribution in [2.45, 2.75) is 13.0 Å². The fourth-order valence-corrected chi connectivity index (χ4v) is 3.02. The molecule has 0 aliphatic rings. The summed E-state index contributed by atoms with van der Waals surface area (Å²) in [4.78, 5) is 13.1. The van der Waals surface area contributed by atoms with Gasteiger partial charge in [-0.05, 0) is 33.6 Å². The van der Waals surface area contributed by atoms with Crippen LogP contribution in [0, 0.1) is 0 Å². The van der Waals surface area contributed by atoms with Gasteiger partial charge in [-0.1, -0.05) is 24.3 Å². The highest BCUT2D eigenvalue weighted by Crippen LogP contribution is 2.23. The van der Waals surface area contributed by atoms with E-state index in [1.54, 1.807) is 11.3 Å². The van der Waals surface area contributed by atoms with E-state index in [1.807, 2.05) is 36.4 Å². The normalized spacial score (nSPS) is 10.5. The molecule has 1 heterocycles. The number of benzene rings is 1. The largest absolute Gasteiger partial charge is 0.326 e. The molecular weight excluding hydrogens is 298 g/mol. The molecule has 0 aliphatic carbocycles. The summed E-state index contributed by atoms with van der Waals surface area (Å²) in [7, 11) is 0. The van der Waals surface area contributed by atoms with Gasteiger partial charge in [0.1, 0.15) is 0 Å². The Hall–Kier alpha value is -0.970. The number of rotatable bonds is 4. The number of carbonyl (C=O) groups excluding carboxylic acids is 1. The fourth-order valence-electron chi connectivity index (χ4n) is 1.53. The van der Waals surface area contributed by atoms with Crippen molar-refractivity contribution < 1.29 is 4.79 Å². The molecule has 0 radical (unpaired) electrons. The predicted molar refractivity (Wildman–Crippen MR) is 74.4 cm³/mol. The highest BCUT2D eigenvalue weighted by Gasteiger charge is 2.08. The van der Waals surface area contributed by atoms with E-state index in [4.69, 9.17) is 5.73 Å². The van der Waals surface area contributed by atoms with Gasteiger partial charge in [-0.2, -0.15) is 0 Å². The van der Waals surface area contributed by atoms with Crippen LogP contribution < -0.4 is 5.73 Å². The first-order valence-electron chi connectivity index (χ1n) is 5.25. The fraction of sp³-hybridized carbons (Fsp3) is 0.154. The van der Waals surface area contributed by atoms with Crippen molar-refractivity contribution in [2.24, 2.45) is 5.73 Å². The minimum Gasteiger partial charge on any atom is -0.326 e. The zero-order chi connectivity index (χ0) is 12.3. The number of hydrogen-bond acceptors (Lipinski definition) is 3. The molecule has 1 aromatic heterocycles. The maximum atomic E-state index is 12.0. The molecule has 4 heteroatoms. The van der Waals surface area contributed by atoms with Gasteiger partial charge < -0.3 is 5.73 Å². The van der Waals surface area contributed by atoms with Crippen molar-refractivity contribution in [3.8, 4) is 0 Å². The third-order valence-electron chi connectivity index (χ3n) is 2.48. The van der Waals surface area contributed by atoms with Crippen molar-refractivity contribution in [1.82, 2.24) is 0 Å². The van der Waals surface area contributed by atoms with Crippen LogP contribution in [0.5, 0.6) is 0 Å². The molecular formula is C13H12BrNOS. The molecule has 2 N–H and O–H groups in total. The molecule has 0 saturated carbocycles. The van der Waals surface area contributed by atoms with E-state index in [2.05, 4.69) is 15.9 Å². The van der Waals surface area contributed by atoms with Gasteiger partial charge in [-0.15, -0.1) is 11.3 Å². The van der Waals surface area contributed by atoms with Crippen LogP contribution in [0.2, 0.25) is 0 Å². The highest BCUT2D eigenvalue weighted by atomic mass is 79.9. The van der Waals surface area contributed by atoms with E-state index < -0.39 is 0 Å². The van der Waals surface area contributed by atoms with Crippen molar-refractivity contribution in [1.29, 1.82) is 0 Å². The second-order valence-corrected chi connectivity index (χ2v) is 6.25. The van der Waals surface area contributed by atoms with Gasteiger partial charge >= 0.3 is 0 Å². The van der Waals surface area contributed by atoms with Crippen LogP contribution in [0.3, 0.4) is 0 Å². The summed E-state index contributed by atoms with van der Waals surface area (Å²) in [5.74, 6) is 0.142. The first kappa shape index (κ1) is 12.5. The first-order chi connectivity index (χ1) is 8.19. The number of nitrogens with two attached hydrogens (primary N) is 1. The Labute approximate surface area is 113 Å². The summed E-state index contributed by atoms with van der Waals surface area (Å²) in [6.07, 6.45) is 0.457. The van der Waals surface area contributed by atoms with E-state index >= 15 is 0 Å². The Balaban J connectivity index is 2.09. The second-order valence-electron chi connectivity index (χ2n) is 3.71. The molecule has 0 spiro atoms. The SMILES string of the molecule is NCc1ccc(C(=O)Cc2ccc(Br)s2)cc1. The van der Waals surface area contributed by atoms with Gasteiger partial charge in [-0.25, -0.2) is 0 Å². The van der Waals surface area contributed by atoms with E-state index in [-0.39, 0.29) is 5.78 Å². The van der Waals surface area contributed by atoms with E-state index in [0.717, 1.165) is 19.8 Å². The predicted octanol–water partition coefficient (Wildman–Crippen LogP) is 3.39. The third kappa shape index (κ3) is 3.25. The number of Topliss-reactive ketones (excluding diaryl/α,β-unsaturated/α-hetero) is 1. The van der Waals surface area contributed by atoms with Crippen LogP contribution in [0.1, 0.15) is 20.8 Å². The minimum absolute atomic E-state index is 0.142. The molecule has 17 heavy (non-hydrogen) atoms. The number of halogens is 1. The minimum atomic E-state index is 0.142. The Morgan fingerprint density at radius 2 is 1.88 bits per heavy atom. The second kappa shape index (κ2) is 5.58. The standard InChI is InChI=1S/C13H12BrNOS/c14-13-6-5-11(17-13)7-12(16)10-3-1-9(8-15)2-4-10/h1-6H,7-8,15H2. The molecule has 0 fully saturated rings. The lowest BCUT2D eigenvalue weighted by molar-refractivity contribution is 0.0994. The van der Waals surface area contributed by atoms with Gasteiger partial charge in [0.05, 0.1) is 3.79 Å². The Bertz CT molecular complexity index is 518. The smallest absolute Gasteiger partial charge is 0.168 e. The lowest BCUT2D eigenvalue weighted by Gasteiger charge is -2.01. The first-order valence-corrected chi connectivity index (χ1v) is 6.86. The Morgan fingerprint density at radius 3 is 2.41 bits per heavy atom. The van der Waals surface area contributed by atoms with E-state index in [1.165, 1.54) is 0 Å². The van der Waals surface area contributed by atoms with Crippen LogP contribution in [0.4, 0.5) is 0 Å². The molecule has 2 nitrogen and oxygen atoms in total. The molecule has 2 aromatic rings. The van der Waals surface area contributed by atoms with Gasteiger partial charge in [0.15, 0.2) is 5.78 Å². The summed E-state index contributed by atoms with van der Waals surface area (Å²) in [6.45, 7) is 0.506. The maximum absolute atomic E-state index is 12.0. The molecule has 88 valence electrons. The van der Waals surface area contributed by atoms with Crippen LogP contribution in [0.25, 0.3) is 0 Å². The van der Waals surface area contributed by atoms with Gasteiger partial charge in [-0.3, -0.25) is 4.79 Å². The number of hydrogen-bond donors (Lipinski definition) is 1. The summed E-state index contributed by atoms with van der Waals surface area (Å²) < 4.78 is 1.05. The number of thiophene rings is 1. The van der Waals surface area contributed by atoms with Gasteiger partial charge in [0.2, 0.25) is 0 Å². The molecule has 0 unspecified atom stereocenters. The van der Waals surface area contributed by atoms with Crippen LogP contribution in [-0.2, 0) is 13.0 Å². The molecule has 2 rings (SSSR count). The molecule has 0 bridgehead atoms.